The van der Waals surface area contributed by atoms with Gasteiger partial charge in [-0.3, -0.25) is 9.69 Å². The van der Waals surface area contributed by atoms with E-state index in [2.05, 4.69) is 34.7 Å². The van der Waals surface area contributed by atoms with Gasteiger partial charge in [0.25, 0.3) is 0 Å². The van der Waals surface area contributed by atoms with Crippen LogP contribution in [-0.4, -0.2) is 36.4 Å². The molecule has 0 radical (unpaired) electrons. The van der Waals surface area contributed by atoms with Gasteiger partial charge in [0.15, 0.2) is 5.78 Å². The molecule has 2 unspecified atom stereocenters. The number of likely N-dealkylation sites (tertiary alicyclic amines) is 1. The van der Waals surface area contributed by atoms with E-state index in [0.717, 1.165) is 22.2 Å². The smallest absolute Gasteiger partial charge is 0.176 e. The number of ether oxygens (including phenoxy) is 1. The van der Waals surface area contributed by atoms with Gasteiger partial charge in [-0.1, -0.05) is 6.92 Å². The van der Waals surface area contributed by atoms with Crippen LogP contribution in [0.1, 0.15) is 43.5 Å². The van der Waals surface area contributed by atoms with Gasteiger partial charge in [-0.25, -0.2) is 0 Å². The second-order valence-corrected chi connectivity index (χ2v) is 6.29. The molecular weight excluding hydrogens is 318 g/mol. The van der Waals surface area contributed by atoms with Crippen LogP contribution >= 0.6 is 15.9 Å². The highest BCUT2D eigenvalue weighted by Crippen LogP contribution is 2.28. The first-order valence-electron chi connectivity index (χ1n) is 7.19. The van der Waals surface area contributed by atoms with Crippen molar-refractivity contribution in [3.63, 3.8) is 0 Å². The zero-order chi connectivity index (χ0) is 14.7. The summed E-state index contributed by atoms with van der Waals surface area (Å²) in [6.45, 7) is 4.93. The van der Waals surface area contributed by atoms with Gasteiger partial charge in [-0.05, 0) is 60.3 Å². The molecule has 0 aromatic heterocycles. The molecule has 110 valence electrons. The topological polar surface area (TPSA) is 29.5 Å². The number of nitrogens with zero attached hydrogens (tertiary/aromatic N) is 1. The molecule has 4 heteroatoms. The average Bonchev–Trinajstić information content (AvgIpc) is 2.79. The first-order chi connectivity index (χ1) is 9.56. The summed E-state index contributed by atoms with van der Waals surface area (Å²) in [5.74, 6) is 0.933. The van der Waals surface area contributed by atoms with Gasteiger partial charge in [0.05, 0.1) is 18.1 Å². The zero-order valence-corrected chi connectivity index (χ0v) is 13.9. The number of methoxy groups -OCH3 is 1. The molecule has 1 aliphatic rings. The predicted octanol–water partition coefficient (Wildman–Crippen LogP) is 3.90. The molecule has 0 N–H and O–H groups in total. The Labute approximate surface area is 129 Å². The number of hydrogen-bond acceptors (Lipinski definition) is 3. The van der Waals surface area contributed by atoms with Crippen molar-refractivity contribution >= 4 is 21.7 Å². The minimum absolute atomic E-state index is 0.181. The normalized spacial score (nSPS) is 23.0. The summed E-state index contributed by atoms with van der Waals surface area (Å²) < 4.78 is 6.02. The van der Waals surface area contributed by atoms with Gasteiger partial charge < -0.3 is 4.74 Å². The number of hydrogen-bond donors (Lipinski definition) is 0. The van der Waals surface area contributed by atoms with Gasteiger partial charge in [0, 0.05) is 17.6 Å². The average molecular weight is 340 g/mol. The Hall–Kier alpha value is -0.870. The highest BCUT2D eigenvalue weighted by Gasteiger charge is 2.30. The number of halogens is 1. The van der Waals surface area contributed by atoms with Crippen molar-refractivity contribution in [2.75, 3.05) is 13.7 Å². The van der Waals surface area contributed by atoms with Crippen LogP contribution in [0.4, 0.5) is 0 Å². The molecule has 1 heterocycles. The van der Waals surface area contributed by atoms with E-state index in [0.29, 0.717) is 18.6 Å². The van der Waals surface area contributed by atoms with Gasteiger partial charge in [0.2, 0.25) is 0 Å². The Kier molecular flexibility index (Phi) is 5.22. The maximum atomic E-state index is 12.5. The summed E-state index contributed by atoms with van der Waals surface area (Å²) in [5.41, 5.74) is 0.742. The van der Waals surface area contributed by atoms with Crippen molar-refractivity contribution < 1.29 is 9.53 Å². The summed E-state index contributed by atoms with van der Waals surface area (Å²) in [6.07, 6.45) is 3.51. The largest absolute Gasteiger partial charge is 0.496 e. The SMILES string of the molecule is CCC1CCC(C)N1CC(=O)c1ccc(OC)c(Br)c1. The van der Waals surface area contributed by atoms with E-state index in [1.54, 1.807) is 7.11 Å². The molecule has 2 rings (SSSR count). The lowest BCUT2D eigenvalue weighted by molar-refractivity contribution is 0.0889. The summed E-state index contributed by atoms with van der Waals surface area (Å²) in [5, 5.41) is 0. The van der Waals surface area contributed by atoms with Crippen LogP contribution in [0, 0.1) is 0 Å². The highest BCUT2D eigenvalue weighted by molar-refractivity contribution is 9.10. The third-order valence-corrected chi connectivity index (χ3v) is 4.84. The summed E-state index contributed by atoms with van der Waals surface area (Å²) >= 11 is 3.43. The molecule has 0 aliphatic carbocycles. The number of benzene rings is 1. The Morgan fingerprint density at radius 1 is 1.45 bits per heavy atom. The fourth-order valence-corrected chi connectivity index (χ4v) is 3.49. The van der Waals surface area contributed by atoms with Crippen LogP contribution in [0.5, 0.6) is 5.75 Å². The lowest BCUT2D eigenvalue weighted by Gasteiger charge is -2.26. The van der Waals surface area contributed by atoms with Gasteiger partial charge in [0.1, 0.15) is 5.75 Å². The van der Waals surface area contributed by atoms with Gasteiger partial charge in [-0.15, -0.1) is 0 Å². The molecule has 1 aromatic rings. The third kappa shape index (κ3) is 3.23. The van der Waals surface area contributed by atoms with E-state index in [1.807, 2.05) is 18.2 Å². The molecule has 0 saturated carbocycles. The van der Waals surface area contributed by atoms with Crippen molar-refractivity contribution in [1.82, 2.24) is 4.90 Å². The Morgan fingerprint density at radius 3 is 2.80 bits per heavy atom. The molecule has 1 aromatic carbocycles. The van der Waals surface area contributed by atoms with Crippen LogP contribution in [-0.2, 0) is 0 Å². The molecule has 20 heavy (non-hydrogen) atoms. The molecule has 2 atom stereocenters. The lowest BCUT2D eigenvalue weighted by atomic mass is 10.1. The minimum Gasteiger partial charge on any atom is -0.496 e. The monoisotopic (exact) mass is 339 g/mol. The minimum atomic E-state index is 0.181. The molecule has 1 fully saturated rings. The first kappa shape index (κ1) is 15.5. The Bertz CT molecular complexity index is 489. The maximum Gasteiger partial charge on any atom is 0.176 e. The van der Waals surface area contributed by atoms with Crippen LogP contribution in [0.3, 0.4) is 0 Å². The maximum absolute atomic E-state index is 12.5. The standard InChI is InChI=1S/C16H22BrNO2/c1-4-13-7-5-11(2)18(13)10-15(19)12-6-8-16(20-3)14(17)9-12/h6,8-9,11,13H,4-5,7,10H2,1-3H3. The number of ketones is 1. The van der Waals surface area contributed by atoms with Crippen LogP contribution in [0.15, 0.2) is 22.7 Å². The van der Waals surface area contributed by atoms with E-state index in [1.165, 1.54) is 12.8 Å². The number of Topliss-reactive ketones (excluding diaryl/α,β-unsaturated/α-hetero) is 1. The van der Waals surface area contributed by atoms with E-state index in [9.17, 15) is 4.79 Å². The first-order valence-corrected chi connectivity index (χ1v) is 7.98. The molecule has 0 amide bonds. The van der Waals surface area contributed by atoms with E-state index < -0.39 is 0 Å². The zero-order valence-electron chi connectivity index (χ0n) is 12.4. The van der Waals surface area contributed by atoms with E-state index >= 15 is 0 Å². The van der Waals surface area contributed by atoms with E-state index in [4.69, 9.17) is 4.74 Å². The van der Waals surface area contributed by atoms with Gasteiger partial charge in [-0.2, -0.15) is 0 Å². The lowest BCUT2D eigenvalue weighted by Crippen LogP contribution is -2.38. The second kappa shape index (κ2) is 6.72. The molecular formula is C16H22BrNO2. The van der Waals surface area contributed by atoms with Crippen LogP contribution < -0.4 is 4.74 Å². The quantitative estimate of drug-likeness (QED) is 0.762. The van der Waals surface area contributed by atoms with Crippen molar-refractivity contribution in [1.29, 1.82) is 0 Å². The fourth-order valence-electron chi connectivity index (χ4n) is 2.95. The van der Waals surface area contributed by atoms with Crippen molar-refractivity contribution in [2.24, 2.45) is 0 Å². The molecule has 0 spiro atoms. The van der Waals surface area contributed by atoms with Crippen molar-refractivity contribution in [3.05, 3.63) is 28.2 Å². The summed E-state index contributed by atoms with van der Waals surface area (Å²) in [6, 6.07) is 6.58. The van der Waals surface area contributed by atoms with Gasteiger partial charge >= 0.3 is 0 Å². The Morgan fingerprint density at radius 2 is 2.20 bits per heavy atom. The molecule has 1 aliphatic heterocycles. The Balaban J connectivity index is 2.10. The molecule has 3 nitrogen and oxygen atoms in total. The summed E-state index contributed by atoms with van der Waals surface area (Å²) in [7, 11) is 1.62. The highest BCUT2D eigenvalue weighted by atomic mass is 79.9. The molecule has 1 saturated heterocycles. The number of carbonyl (C=O) groups excluding carboxylic acids is 1. The number of carbonyl (C=O) groups is 1. The van der Waals surface area contributed by atoms with Crippen molar-refractivity contribution in [2.45, 2.75) is 45.2 Å². The van der Waals surface area contributed by atoms with Crippen LogP contribution in [0.2, 0.25) is 0 Å². The summed E-state index contributed by atoms with van der Waals surface area (Å²) in [4.78, 5) is 14.8. The van der Waals surface area contributed by atoms with Crippen molar-refractivity contribution in [3.8, 4) is 5.75 Å². The second-order valence-electron chi connectivity index (χ2n) is 5.43. The van der Waals surface area contributed by atoms with Crippen LogP contribution in [0.25, 0.3) is 0 Å². The fraction of sp³-hybridized carbons (Fsp3) is 0.562. The number of rotatable bonds is 5. The molecule has 0 bridgehead atoms. The van der Waals surface area contributed by atoms with E-state index in [-0.39, 0.29) is 5.78 Å². The predicted molar refractivity (Wildman–Crippen MR) is 84.5 cm³/mol. The third-order valence-electron chi connectivity index (χ3n) is 4.22.